The molecule has 0 fully saturated rings. The predicted octanol–water partition coefficient (Wildman–Crippen LogP) is 2.23. The van der Waals surface area contributed by atoms with Crippen LogP contribution in [0.15, 0.2) is 34.7 Å². The van der Waals surface area contributed by atoms with E-state index in [2.05, 4.69) is 6.26 Å². The van der Waals surface area contributed by atoms with E-state index in [1.54, 1.807) is 0 Å². The quantitative estimate of drug-likeness (QED) is 0.450. The Hall–Kier alpha value is -0.617. The average Bonchev–Trinajstić information content (AvgIpc) is 2.33. The maximum atomic E-state index is 4.99. The van der Waals surface area contributed by atoms with Crippen molar-refractivity contribution in [2.45, 2.75) is 0 Å². The van der Waals surface area contributed by atoms with Crippen molar-refractivity contribution in [3.8, 4) is 0 Å². The van der Waals surface area contributed by atoms with Gasteiger partial charge in [0.05, 0.1) is 0 Å². The summed E-state index contributed by atoms with van der Waals surface area (Å²) < 4.78 is 4.99. The summed E-state index contributed by atoms with van der Waals surface area (Å²) in [4.78, 5) is 0. The van der Waals surface area contributed by atoms with Crippen LogP contribution < -0.4 is 0 Å². The number of furan rings is 1. The zero-order valence-corrected chi connectivity index (χ0v) is 8.47. The molecular weight excluding hydrogens is 177 g/mol. The standard InChI is InChI=1S/C8H5O.Zn/c1-2-4-8-7(3-1)5-6-9-8;/h1-5H;/q-1;. The molecule has 0 aliphatic carbocycles. The van der Waals surface area contributed by atoms with Crippen molar-refractivity contribution in [3.05, 3.63) is 36.6 Å². The topological polar surface area (TPSA) is 13.1 Å². The SMILES string of the molecule is [Zn].[c-]1cc2ccccc2o1. The van der Waals surface area contributed by atoms with Crippen molar-refractivity contribution in [2.24, 2.45) is 0 Å². The van der Waals surface area contributed by atoms with E-state index < -0.39 is 0 Å². The Morgan fingerprint density at radius 2 is 2.00 bits per heavy atom. The van der Waals surface area contributed by atoms with Crippen LogP contribution in [0.5, 0.6) is 0 Å². The fraction of sp³-hybridized carbons (Fsp3) is 0. The first-order chi connectivity index (χ1) is 4.47. The largest absolute Gasteiger partial charge is 0.591 e. The van der Waals surface area contributed by atoms with E-state index in [0.717, 1.165) is 11.0 Å². The number of hydrogen-bond acceptors (Lipinski definition) is 1. The van der Waals surface area contributed by atoms with E-state index in [1.807, 2.05) is 30.3 Å². The molecule has 0 aliphatic heterocycles. The monoisotopic (exact) mass is 181 g/mol. The van der Waals surface area contributed by atoms with Crippen molar-refractivity contribution in [2.75, 3.05) is 0 Å². The van der Waals surface area contributed by atoms with Gasteiger partial charge in [-0.1, -0.05) is 18.2 Å². The molecule has 0 saturated heterocycles. The maximum Gasteiger partial charge on any atom is 0 e. The fourth-order valence-electron chi connectivity index (χ4n) is 0.849. The van der Waals surface area contributed by atoms with E-state index in [-0.39, 0.29) is 19.5 Å². The van der Waals surface area contributed by atoms with Gasteiger partial charge < -0.3 is 4.42 Å². The van der Waals surface area contributed by atoms with Gasteiger partial charge in [0.15, 0.2) is 0 Å². The molecule has 0 spiro atoms. The van der Waals surface area contributed by atoms with E-state index in [9.17, 15) is 0 Å². The molecule has 0 unspecified atom stereocenters. The maximum absolute atomic E-state index is 4.99. The molecule has 1 aromatic heterocycles. The van der Waals surface area contributed by atoms with Gasteiger partial charge in [-0.25, -0.2) is 0 Å². The van der Waals surface area contributed by atoms with Crippen LogP contribution >= 0.6 is 0 Å². The minimum Gasteiger partial charge on any atom is -0.591 e. The number of rotatable bonds is 0. The Morgan fingerprint density at radius 1 is 1.20 bits per heavy atom. The van der Waals surface area contributed by atoms with Crippen LogP contribution in [0.3, 0.4) is 0 Å². The second kappa shape index (κ2) is 2.98. The van der Waals surface area contributed by atoms with Crippen LogP contribution in [0.1, 0.15) is 0 Å². The van der Waals surface area contributed by atoms with Crippen molar-refractivity contribution >= 4 is 11.0 Å². The number of benzene rings is 1. The third kappa shape index (κ3) is 1.12. The molecule has 10 heavy (non-hydrogen) atoms. The summed E-state index contributed by atoms with van der Waals surface area (Å²) in [5.74, 6) is 0. The molecule has 2 heteroatoms. The number of hydrogen-bond donors (Lipinski definition) is 0. The molecule has 2 rings (SSSR count). The Kier molecular flexibility index (Phi) is 2.23. The van der Waals surface area contributed by atoms with Gasteiger partial charge in [-0.2, -0.15) is 0 Å². The molecule has 0 N–H and O–H groups in total. The van der Waals surface area contributed by atoms with Crippen LogP contribution in [-0.4, -0.2) is 0 Å². The van der Waals surface area contributed by atoms with Gasteiger partial charge in [0, 0.05) is 19.5 Å². The van der Waals surface area contributed by atoms with Crippen molar-refractivity contribution in [3.63, 3.8) is 0 Å². The first-order valence-electron chi connectivity index (χ1n) is 2.81. The number of para-hydroxylation sites is 1. The van der Waals surface area contributed by atoms with Gasteiger partial charge in [-0.3, -0.25) is 0 Å². The zero-order valence-electron chi connectivity index (χ0n) is 5.50. The Balaban J connectivity index is 0.000000500. The van der Waals surface area contributed by atoms with Crippen molar-refractivity contribution < 1.29 is 23.9 Å². The molecule has 0 amide bonds. The molecule has 46 valence electrons. The molecule has 0 aliphatic rings. The van der Waals surface area contributed by atoms with Crippen molar-refractivity contribution in [1.29, 1.82) is 0 Å². The van der Waals surface area contributed by atoms with Crippen LogP contribution in [-0.2, 0) is 19.5 Å². The third-order valence-corrected chi connectivity index (χ3v) is 1.30. The summed E-state index contributed by atoms with van der Waals surface area (Å²) in [5, 5.41) is 1.11. The third-order valence-electron chi connectivity index (χ3n) is 1.30. The molecule has 1 nitrogen and oxygen atoms in total. The molecular formula is C8H5OZn-. The molecule has 2 aromatic rings. The first-order valence-corrected chi connectivity index (χ1v) is 2.81. The summed E-state index contributed by atoms with van der Waals surface area (Å²) in [6, 6.07) is 9.67. The second-order valence-electron chi connectivity index (χ2n) is 1.90. The summed E-state index contributed by atoms with van der Waals surface area (Å²) >= 11 is 0. The van der Waals surface area contributed by atoms with E-state index in [1.165, 1.54) is 0 Å². The Bertz CT molecular complexity index is 283. The number of fused-ring (bicyclic) bond motifs is 1. The minimum atomic E-state index is 0. The van der Waals surface area contributed by atoms with Crippen LogP contribution in [0.4, 0.5) is 0 Å². The van der Waals surface area contributed by atoms with Crippen LogP contribution in [0.2, 0.25) is 0 Å². The molecule has 0 saturated carbocycles. The average molecular weight is 183 g/mol. The summed E-state index contributed by atoms with van der Waals surface area (Å²) in [7, 11) is 0. The van der Waals surface area contributed by atoms with Gasteiger partial charge in [0.1, 0.15) is 0 Å². The molecule has 0 radical (unpaired) electrons. The second-order valence-corrected chi connectivity index (χ2v) is 1.90. The van der Waals surface area contributed by atoms with Crippen molar-refractivity contribution in [1.82, 2.24) is 0 Å². The van der Waals surface area contributed by atoms with E-state index >= 15 is 0 Å². The summed E-state index contributed by atoms with van der Waals surface area (Å²) in [5.41, 5.74) is 0.900. The zero-order chi connectivity index (χ0) is 6.10. The van der Waals surface area contributed by atoms with E-state index in [4.69, 9.17) is 4.42 Å². The Morgan fingerprint density at radius 3 is 2.80 bits per heavy atom. The minimum absolute atomic E-state index is 0. The van der Waals surface area contributed by atoms with Gasteiger partial charge in [0.2, 0.25) is 0 Å². The molecule has 1 aromatic carbocycles. The molecule has 0 atom stereocenters. The predicted molar refractivity (Wildman–Crippen MR) is 35.1 cm³/mol. The van der Waals surface area contributed by atoms with E-state index in [0.29, 0.717) is 0 Å². The summed E-state index contributed by atoms with van der Waals surface area (Å²) in [6.07, 6.45) is 2.66. The van der Waals surface area contributed by atoms with Crippen LogP contribution in [0.25, 0.3) is 11.0 Å². The molecule has 1 heterocycles. The van der Waals surface area contributed by atoms with Gasteiger partial charge in [-0.15, -0.1) is 17.5 Å². The summed E-state index contributed by atoms with van der Waals surface area (Å²) in [6.45, 7) is 0. The van der Waals surface area contributed by atoms with Crippen LogP contribution in [0, 0.1) is 6.26 Å². The smallest absolute Gasteiger partial charge is 0 e. The van der Waals surface area contributed by atoms with Gasteiger partial charge in [0.25, 0.3) is 0 Å². The molecule has 0 bridgehead atoms. The first kappa shape index (κ1) is 7.49. The fourth-order valence-corrected chi connectivity index (χ4v) is 0.849. The van der Waals surface area contributed by atoms with Gasteiger partial charge in [-0.05, 0) is 11.8 Å². The van der Waals surface area contributed by atoms with Gasteiger partial charge >= 0.3 is 0 Å². The Labute approximate surface area is 71.8 Å². The normalized spacial score (nSPS) is 9.20.